The number of nitrogens with one attached hydrogen (secondary N) is 3. The van der Waals surface area contributed by atoms with E-state index in [0.29, 0.717) is 59.6 Å². The van der Waals surface area contributed by atoms with Crippen LogP contribution in [0.5, 0.6) is 11.5 Å². The van der Waals surface area contributed by atoms with Crippen molar-refractivity contribution in [2.24, 2.45) is 0 Å². The quantitative estimate of drug-likeness (QED) is 0.0892. The van der Waals surface area contributed by atoms with Crippen LogP contribution in [0.25, 0.3) is 5.70 Å². The third-order valence-electron chi connectivity index (χ3n) is 11.9. The molecule has 3 aromatic carbocycles. The van der Waals surface area contributed by atoms with Crippen LogP contribution < -0.4 is 35.6 Å². The van der Waals surface area contributed by atoms with Gasteiger partial charge in [0.1, 0.15) is 34.9 Å². The Balaban J connectivity index is 0.801. The molecular weight excluding hydrogens is 801 g/mol. The lowest BCUT2D eigenvalue weighted by Crippen LogP contribution is -2.53. The molecule has 0 spiro atoms. The summed E-state index contributed by atoms with van der Waals surface area (Å²) in [7, 11) is 1.36. The highest BCUT2D eigenvalue weighted by Gasteiger charge is 2.39. The molecule has 4 aliphatic rings. The number of hydrogen-bond acceptors (Lipinski definition) is 13. The Bertz CT molecular complexity index is 2270. The van der Waals surface area contributed by atoms with Gasteiger partial charge in [0.2, 0.25) is 17.8 Å². The highest BCUT2D eigenvalue weighted by atomic mass is 35.5. The molecule has 16 heteroatoms. The first kappa shape index (κ1) is 41.5. The zero-order valence-corrected chi connectivity index (χ0v) is 35.9. The van der Waals surface area contributed by atoms with Crippen LogP contribution in [0.3, 0.4) is 0 Å². The fourth-order valence-electron chi connectivity index (χ4n) is 8.69. The molecule has 0 aliphatic carbocycles. The van der Waals surface area contributed by atoms with Crippen LogP contribution in [0.4, 0.5) is 28.8 Å². The van der Waals surface area contributed by atoms with Gasteiger partial charge in [-0.2, -0.15) is 4.98 Å². The fraction of sp³-hybridized carbons (Fsp3) is 0.409. The molecular formula is C44H51ClN9O5P. The zero-order chi connectivity index (χ0) is 41.8. The van der Waals surface area contributed by atoms with E-state index in [1.807, 2.05) is 48.4 Å². The molecule has 3 saturated heterocycles. The van der Waals surface area contributed by atoms with Crippen LogP contribution in [0.2, 0.25) is 5.02 Å². The van der Waals surface area contributed by atoms with Gasteiger partial charge in [0.25, 0.3) is 0 Å². The number of anilines is 5. The molecule has 1 aromatic heterocycles. The molecule has 3 N–H and O–H groups in total. The van der Waals surface area contributed by atoms with Gasteiger partial charge in [-0.15, -0.1) is 0 Å². The average molecular weight is 852 g/mol. The van der Waals surface area contributed by atoms with Crippen molar-refractivity contribution < 1.29 is 23.9 Å². The van der Waals surface area contributed by atoms with Crippen LogP contribution in [0, 0.1) is 0 Å². The number of ether oxygens (including phenoxy) is 2. The number of hydrogen-bond donors (Lipinski definition) is 3. The van der Waals surface area contributed by atoms with E-state index in [-0.39, 0.29) is 26.2 Å². The molecule has 0 radical (unpaired) electrons. The smallest absolute Gasteiger partial charge is 0.249 e. The summed E-state index contributed by atoms with van der Waals surface area (Å²) in [6.07, 6.45) is 4.39. The van der Waals surface area contributed by atoms with E-state index in [9.17, 15) is 14.4 Å². The second-order valence-electron chi connectivity index (χ2n) is 15.7. The van der Waals surface area contributed by atoms with E-state index < -0.39 is 6.04 Å². The average Bonchev–Trinajstić information content (AvgIpc) is 3.64. The summed E-state index contributed by atoms with van der Waals surface area (Å²) in [6, 6.07) is 20.0. The SMILES string of the molecule is COc1cc(N2CCC(N3CCN(CCOc4cccc5c4CN(C4CCC(=O)NC4=O)C5=C=O)CC3)CC2)ccc1Nc1ncc(Cl)c(Nc2ccccc2P(C)C)n1. The molecule has 1 unspecified atom stereocenters. The first-order valence-corrected chi connectivity index (χ1v) is 23.1. The number of carbonyl (C=O) groups is 2. The van der Waals surface area contributed by atoms with Crippen molar-refractivity contribution in [1.82, 2.24) is 30.0 Å². The Labute approximate surface area is 357 Å². The highest BCUT2D eigenvalue weighted by molar-refractivity contribution is 7.64. The van der Waals surface area contributed by atoms with Crippen molar-refractivity contribution >= 4 is 77.1 Å². The van der Waals surface area contributed by atoms with E-state index in [1.54, 1.807) is 18.2 Å². The molecule has 314 valence electrons. The van der Waals surface area contributed by atoms with Crippen molar-refractivity contribution in [3.63, 3.8) is 0 Å². The predicted molar refractivity (Wildman–Crippen MR) is 237 cm³/mol. The number of fused-ring (bicyclic) bond motifs is 1. The number of imide groups is 1. The number of rotatable bonds is 13. The van der Waals surface area contributed by atoms with Crippen molar-refractivity contribution in [3.05, 3.63) is 83.0 Å². The zero-order valence-electron chi connectivity index (χ0n) is 34.2. The van der Waals surface area contributed by atoms with Crippen LogP contribution in [0.1, 0.15) is 36.8 Å². The van der Waals surface area contributed by atoms with E-state index in [2.05, 4.69) is 67.2 Å². The maximum atomic E-state index is 12.6. The summed E-state index contributed by atoms with van der Waals surface area (Å²) in [5, 5.41) is 10.8. The van der Waals surface area contributed by atoms with Crippen molar-refractivity contribution in [2.45, 2.75) is 44.3 Å². The Morgan fingerprint density at radius 2 is 1.73 bits per heavy atom. The van der Waals surface area contributed by atoms with Gasteiger partial charge in [-0.05, 0) is 62.2 Å². The number of carbonyl (C=O) groups excluding carboxylic acids is 3. The molecule has 2 amide bonds. The van der Waals surface area contributed by atoms with Gasteiger partial charge >= 0.3 is 0 Å². The topological polar surface area (TPSA) is 144 Å². The van der Waals surface area contributed by atoms with Crippen molar-refractivity contribution in [1.29, 1.82) is 0 Å². The Morgan fingerprint density at radius 3 is 2.48 bits per heavy atom. The number of piperazine rings is 1. The monoisotopic (exact) mass is 851 g/mol. The van der Waals surface area contributed by atoms with Gasteiger partial charge in [0.05, 0.1) is 19.0 Å². The molecule has 4 aromatic rings. The summed E-state index contributed by atoms with van der Waals surface area (Å²) in [6.45, 7) is 12.0. The minimum Gasteiger partial charge on any atom is -0.494 e. The van der Waals surface area contributed by atoms with Crippen LogP contribution in [-0.4, -0.2) is 127 Å². The van der Waals surface area contributed by atoms with Gasteiger partial charge < -0.3 is 29.9 Å². The van der Waals surface area contributed by atoms with E-state index in [1.165, 1.54) is 5.30 Å². The molecule has 14 nitrogen and oxygen atoms in total. The maximum absolute atomic E-state index is 12.6. The third kappa shape index (κ3) is 9.08. The predicted octanol–water partition coefficient (Wildman–Crippen LogP) is 5.45. The number of nitrogens with zero attached hydrogens (tertiary/aromatic N) is 6. The fourth-order valence-corrected chi connectivity index (χ4v) is 9.82. The summed E-state index contributed by atoms with van der Waals surface area (Å²) in [5.74, 6) is 3.76. The maximum Gasteiger partial charge on any atom is 0.249 e. The Hall–Kier alpha value is -5.23. The molecule has 4 aliphatic heterocycles. The second-order valence-corrected chi connectivity index (χ2v) is 18.4. The lowest BCUT2D eigenvalue weighted by molar-refractivity contribution is -0.136. The standard InChI is InChI=1S/C44H51ClN9O5P/c1-58-39-25-30(11-12-34(39)48-44-46-26-33(45)42(50-44)47-35-8-4-5-10-40(35)60(2)3)52-17-15-29(16-18-52)53-21-19-51(20-22-53)23-24-59-38-9-6-7-31-32(38)27-54(37(31)28-55)36-13-14-41(56)49-43(36)57/h4-12,25-26,29,36H,13-24,27H2,1-3H3,(H,49,56,57)(H2,46,47,48,50). The number of halogens is 1. The normalized spacial score (nSPS) is 18.9. The third-order valence-corrected chi connectivity index (χ3v) is 13.5. The molecule has 60 heavy (non-hydrogen) atoms. The van der Waals surface area contributed by atoms with E-state index in [0.717, 1.165) is 86.8 Å². The van der Waals surface area contributed by atoms with Crippen molar-refractivity contribution in [3.8, 4) is 11.5 Å². The Kier molecular flexibility index (Phi) is 12.9. The molecule has 0 saturated carbocycles. The van der Waals surface area contributed by atoms with Crippen LogP contribution >= 0.6 is 19.5 Å². The summed E-state index contributed by atoms with van der Waals surface area (Å²) < 4.78 is 12.1. The second kappa shape index (κ2) is 18.6. The van der Waals surface area contributed by atoms with Gasteiger partial charge in [-0.3, -0.25) is 24.7 Å². The summed E-state index contributed by atoms with van der Waals surface area (Å²) in [4.78, 5) is 54.8. The number of piperidine rings is 2. The molecule has 3 fully saturated rings. The van der Waals surface area contributed by atoms with Gasteiger partial charge in [-0.25, -0.2) is 9.78 Å². The number of para-hydroxylation sites is 1. The number of amides is 2. The molecule has 1 atom stereocenters. The van der Waals surface area contributed by atoms with Gasteiger partial charge in [-0.1, -0.05) is 49.9 Å². The van der Waals surface area contributed by atoms with Crippen molar-refractivity contribution in [2.75, 3.05) is 88.4 Å². The lowest BCUT2D eigenvalue weighted by atomic mass is 10.0. The molecule has 8 rings (SSSR count). The number of aromatic nitrogens is 2. The van der Waals surface area contributed by atoms with Gasteiger partial charge in [0, 0.05) is 93.4 Å². The number of methoxy groups -OCH3 is 1. The number of benzene rings is 3. The summed E-state index contributed by atoms with van der Waals surface area (Å²) in [5.41, 5.74) is 4.83. The van der Waals surface area contributed by atoms with Crippen LogP contribution in [0.15, 0.2) is 66.9 Å². The largest absolute Gasteiger partial charge is 0.494 e. The first-order valence-electron chi connectivity index (χ1n) is 20.5. The minimum absolute atomic E-state index is 0.243. The molecule has 5 heterocycles. The Morgan fingerprint density at radius 1 is 0.933 bits per heavy atom. The van der Waals surface area contributed by atoms with E-state index in [4.69, 9.17) is 26.1 Å². The van der Waals surface area contributed by atoms with Gasteiger partial charge in [0.15, 0.2) is 11.8 Å². The minimum atomic E-state index is -0.588. The van der Waals surface area contributed by atoms with Crippen LogP contribution in [-0.2, 0) is 20.9 Å². The lowest BCUT2D eigenvalue weighted by Gasteiger charge is -2.43. The first-order chi connectivity index (χ1) is 29.2. The summed E-state index contributed by atoms with van der Waals surface area (Å²) >= 11 is 6.52. The molecule has 0 bridgehead atoms. The highest BCUT2D eigenvalue weighted by Crippen LogP contribution is 2.40. The van der Waals surface area contributed by atoms with E-state index >= 15 is 0 Å².